The third kappa shape index (κ3) is 4.34. The minimum absolute atomic E-state index is 0.120. The second-order valence-electron chi connectivity index (χ2n) is 7.11. The van der Waals surface area contributed by atoms with Crippen LogP contribution in [0.1, 0.15) is 24.3 Å². The van der Waals surface area contributed by atoms with Crippen LogP contribution in [-0.4, -0.2) is 51.4 Å². The van der Waals surface area contributed by atoms with E-state index in [1.807, 2.05) is 44.4 Å². The minimum atomic E-state index is -0.423. The molecule has 0 aliphatic heterocycles. The number of furan rings is 1. The Morgan fingerprint density at radius 3 is 2.79 bits per heavy atom. The summed E-state index contributed by atoms with van der Waals surface area (Å²) in [6, 6.07) is 9.95. The van der Waals surface area contributed by atoms with Gasteiger partial charge < -0.3 is 24.2 Å². The van der Waals surface area contributed by atoms with Gasteiger partial charge in [-0.05, 0) is 55.6 Å². The van der Waals surface area contributed by atoms with Crippen LogP contribution >= 0.6 is 0 Å². The number of carbonyl (C=O) groups excluding carboxylic acids is 2. The Kier molecular flexibility index (Phi) is 6.31. The number of benzene rings is 2. The highest BCUT2D eigenvalue weighted by Gasteiger charge is 2.23. The van der Waals surface area contributed by atoms with Crippen LogP contribution in [0.5, 0.6) is 5.75 Å². The Hall–Kier alpha value is -2.86. The van der Waals surface area contributed by atoms with Crippen molar-refractivity contribution in [3.8, 4) is 5.75 Å². The van der Waals surface area contributed by atoms with E-state index in [4.69, 9.17) is 9.15 Å². The van der Waals surface area contributed by atoms with E-state index in [0.717, 1.165) is 45.9 Å². The molecule has 6 heteroatoms. The molecule has 0 saturated carbocycles. The van der Waals surface area contributed by atoms with Crippen molar-refractivity contribution in [1.29, 1.82) is 0 Å². The van der Waals surface area contributed by atoms with Gasteiger partial charge in [-0.1, -0.05) is 6.07 Å². The van der Waals surface area contributed by atoms with Gasteiger partial charge in [0, 0.05) is 31.0 Å². The highest BCUT2D eigenvalue weighted by molar-refractivity contribution is 6.00. The predicted octanol–water partition coefficient (Wildman–Crippen LogP) is 3.34. The quantitative estimate of drug-likeness (QED) is 0.575. The monoisotopic (exact) mass is 382 g/mol. The number of amides is 1. The Bertz CT molecular complexity index is 977. The second-order valence-corrected chi connectivity index (χ2v) is 7.11. The van der Waals surface area contributed by atoms with Crippen molar-refractivity contribution in [2.75, 3.05) is 34.3 Å². The molecule has 28 heavy (non-hydrogen) atoms. The molecule has 0 saturated heterocycles. The van der Waals surface area contributed by atoms with Crippen LogP contribution in [0.4, 0.5) is 0 Å². The van der Waals surface area contributed by atoms with E-state index in [1.54, 1.807) is 13.3 Å². The van der Waals surface area contributed by atoms with Crippen molar-refractivity contribution >= 4 is 33.9 Å². The van der Waals surface area contributed by atoms with Crippen molar-refractivity contribution < 1.29 is 18.7 Å². The molecule has 6 nitrogen and oxygen atoms in total. The normalized spacial score (nSPS) is 12.4. The fourth-order valence-corrected chi connectivity index (χ4v) is 3.31. The van der Waals surface area contributed by atoms with E-state index in [1.165, 1.54) is 0 Å². The summed E-state index contributed by atoms with van der Waals surface area (Å²) in [5.41, 5.74) is 1.53. The fourth-order valence-electron chi connectivity index (χ4n) is 3.31. The number of rotatable bonds is 9. The first kappa shape index (κ1) is 19.9. The smallest absolute Gasteiger partial charge is 0.227 e. The first-order valence-electron chi connectivity index (χ1n) is 9.41. The number of nitrogens with one attached hydrogen (secondary N) is 1. The van der Waals surface area contributed by atoms with E-state index < -0.39 is 5.92 Å². The summed E-state index contributed by atoms with van der Waals surface area (Å²) in [4.78, 5) is 25.3. The highest BCUT2D eigenvalue weighted by Crippen LogP contribution is 2.34. The number of ether oxygens (including phenoxy) is 1. The molecule has 1 amide bonds. The molecule has 0 fully saturated rings. The van der Waals surface area contributed by atoms with E-state index in [-0.39, 0.29) is 5.91 Å². The number of likely N-dealkylation sites (N-methyl/N-ethyl adjacent to an activating group) is 2. The van der Waals surface area contributed by atoms with Crippen LogP contribution in [0, 0.1) is 0 Å². The van der Waals surface area contributed by atoms with E-state index in [9.17, 15) is 9.59 Å². The molecule has 2 aromatic carbocycles. The standard InChI is InChI=1S/C22H26N2O4/c1-23-22(26)18(5-4-9-25)20-14-28-21-13-15-6-7-17(27-10-8-24(2)3)11-16(15)12-19(20)21/h6-7,9,11-14,18H,4-5,8,10H2,1-3H3,(H,23,26). The van der Waals surface area contributed by atoms with E-state index in [0.29, 0.717) is 19.4 Å². The highest BCUT2D eigenvalue weighted by atomic mass is 16.5. The van der Waals surface area contributed by atoms with Gasteiger partial charge in [-0.15, -0.1) is 0 Å². The molecule has 1 aromatic heterocycles. The zero-order valence-corrected chi connectivity index (χ0v) is 16.5. The van der Waals surface area contributed by atoms with Gasteiger partial charge in [-0.2, -0.15) is 0 Å². The van der Waals surface area contributed by atoms with Crippen LogP contribution < -0.4 is 10.1 Å². The molecule has 1 heterocycles. The molecule has 3 rings (SSSR count). The van der Waals surface area contributed by atoms with Gasteiger partial charge in [0.05, 0.1) is 12.2 Å². The van der Waals surface area contributed by atoms with Gasteiger partial charge in [-0.25, -0.2) is 0 Å². The van der Waals surface area contributed by atoms with Crippen LogP contribution in [0.2, 0.25) is 0 Å². The number of hydrogen-bond acceptors (Lipinski definition) is 5. The SMILES string of the molecule is CNC(=O)C(CCC=O)c1coc2cc3ccc(OCCN(C)C)cc3cc12. The second kappa shape index (κ2) is 8.89. The minimum Gasteiger partial charge on any atom is -0.492 e. The Labute approximate surface area is 164 Å². The van der Waals surface area contributed by atoms with E-state index in [2.05, 4.69) is 10.2 Å². The number of nitrogens with zero attached hydrogens (tertiary/aromatic N) is 1. The van der Waals surface area contributed by atoms with Gasteiger partial charge in [0.25, 0.3) is 0 Å². The number of aldehydes is 1. The van der Waals surface area contributed by atoms with Gasteiger partial charge in [0.15, 0.2) is 0 Å². The van der Waals surface area contributed by atoms with E-state index >= 15 is 0 Å². The Balaban J connectivity index is 1.97. The average Bonchev–Trinajstić information content (AvgIpc) is 3.08. The van der Waals surface area contributed by atoms with Crippen molar-refractivity contribution in [2.45, 2.75) is 18.8 Å². The first-order valence-corrected chi connectivity index (χ1v) is 9.41. The zero-order valence-electron chi connectivity index (χ0n) is 16.5. The summed E-state index contributed by atoms with van der Waals surface area (Å²) in [6.07, 6.45) is 3.24. The Morgan fingerprint density at radius 2 is 2.07 bits per heavy atom. The summed E-state index contributed by atoms with van der Waals surface area (Å²) in [5, 5.41) is 5.63. The van der Waals surface area contributed by atoms with Crippen LogP contribution in [0.25, 0.3) is 21.7 Å². The maximum Gasteiger partial charge on any atom is 0.227 e. The summed E-state index contributed by atoms with van der Waals surface area (Å²) in [7, 11) is 5.62. The lowest BCUT2D eigenvalue weighted by Gasteiger charge is -2.13. The number of fused-ring (bicyclic) bond motifs is 2. The van der Waals surface area contributed by atoms with Crippen molar-refractivity contribution in [1.82, 2.24) is 10.2 Å². The molecular weight excluding hydrogens is 356 g/mol. The molecule has 1 unspecified atom stereocenters. The Morgan fingerprint density at radius 1 is 1.25 bits per heavy atom. The molecule has 0 radical (unpaired) electrons. The van der Waals surface area contributed by atoms with Gasteiger partial charge in [0.2, 0.25) is 5.91 Å². The lowest BCUT2D eigenvalue weighted by molar-refractivity contribution is -0.122. The zero-order chi connectivity index (χ0) is 20.1. The van der Waals surface area contributed by atoms with Crippen LogP contribution in [0.15, 0.2) is 41.0 Å². The van der Waals surface area contributed by atoms with Gasteiger partial charge in [0.1, 0.15) is 24.2 Å². The molecule has 1 N–H and O–H groups in total. The van der Waals surface area contributed by atoms with Crippen LogP contribution in [-0.2, 0) is 9.59 Å². The molecule has 0 bridgehead atoms. The summed E-state index contributed by atoms with van der Waals surface area (Å²) in [6.45, 7) is 1.45. The van der Waals surface area contributed by atoms with Gasteiger partial charge >= 0.3 is 0 Å². The third-order valence-electron chi connectivity index (χ3n) is 4.85. The molecule has 1 atom stereocenters. The largest absolute Gasteiger partial charge is 0.492 e. The van der Waals surface area contributed by atoms with Gasteiger partial charge in [-0.3, -0.25) is 4.79 Å². The maximum absolute atomic E-state index is 12.4. The lowest BCUT2D eigenvalue weighted by atomic mass is 9.92. The first-order chi connectivity index (χ1) is 13.5. The third-order valence-corrected chi connectivity index (χ3v) is 4.85. The van der Waals surface area contributed by atoms with Crippen molar-refractivity contribution in [3.05, 3.63) is 42.2 Å². The summed E-state index contributed by atoms with van der Waals surface area (Å²) < 4.78 is 11.6. The van der Waals surface area contributed by atoms with Crippen molar-refractivity contribution in [2.24, 2.45) is 0 Å². The fraction of sp³-hybridized carbons (Fsp3) is 0.364. The molecule has 0 aliphatic carbocycles. The average molecular weight is 382 g/mol. The summed E-state index contributed by atoms with van der Waals surface area (Å²) >= 11 is 0. The molecule has 148 valence electrons. The lowest BCUT2D eigenvalue weighted by Crippen LogP contribution is -2.25. The number of hydrogen-bond donors (Lipinski definition) is 1. The molecular formula is C22H26N2O4. The topological polar surface area (TPSA) is 71.8 Å². The van der Waals surface area contributed by atoms with Crippen molar-refractivity contribution in [3.63, 3.8) is 0 Å². The maximum atomic E-state index is 12.4. The predicted molar refractivity (Wildman–Crippen MR) is 110 cm³/mol. The molecule has 0 aliphatic rings. The molecule has 0 spiro atoms. The van der Waals surface area contributed by atoms with Crippen LogP contribution in [0.3, 0.4) is 0 Å². The summed E-state index contributed by atoms with van der Waals surface area (Å²) in [5.74, 6) is 0.265. The molecule has 3 aromatic rings. The number of carbonyl (C=O) groups is 2.